The van der Waals surface area contributed by atoms with E-state index in [1.807, 2.05) is 0 Å². The monoisotopic (exact) mass is 302 g/mol. The highest BCUT2D eigenvalue weighted by molar-refractivity contribution is 4.88. The van der Waals surface area contributed by atoms with E-state index in [0.29, 0.717) is 0 Å². The summed E-state index contributed by atoms with van der Waals surface area (Å²) in [6, 6.07) is 0. The molecule has 0 saturated carbocycles. The van der Waals surface area contributed by atoms with Crippen molar-refractivity contribution in [2.45, 2.75) is 57.3 Å². The van der Waals surface area contributed by atoms with E-state index in [0.717, 1.165) is 51.9 Å². The number of hydrogen-bond acceptors (Lipinski definition) is 5. The topological polar surface area (TPSA) is 54.0 Å². The van der Waals surface area contributed by atoms with Crippen molar-refractivity contribution in [1.82, 2.24) is 10.2 Å². The van der Waals surface area contributed by atoms with Crippen molar-refractivity contribution in [2.24, 2.45) is 0 Å². The molecule has 1 rings (SSSR count). The lowest BCUT2D eigenvalue weighted by Crippen LogP contribution is -2.48. The fourth-order valence-electron chi connectivity index (χ4n) is 3.12. The zero-order valence-electron chi connectivity index (χ0n) is 14.2. The van der Waals surface area contributed by atoms with Crippen molar-refractivity contribution < 1.29 is 14.6 Å². The maximum Gasteiger partial charge on any atom is 0.0971 e. The van der Waals surface area contributed by atoms with Gasteiger partial charge in [0.2, 0.25) is 0 Å². The zero-order valence-corrected chi connectivity index (χ0v) is 14.2. The van der Waals surface area contributed by atoms with Crippen LogP contribution in [-0.2, 0) is 9.47 Å². The highest BCUT2D eigenvalue weighted by atomic mass is 16.5. The van der Waals surface area contributed by atoms with Gasteiger partial charge in [-0.2, -0.15) is 0 Å². The lowest BCUT2D eigenvalue weighted by atomic mass is 9.91. The van der Waals surface area contributed by atoms with E-state index in [-0.39, 0.29) is 24.4 Å². The number of aliphatic hydroxyl groups is 1. The van der Waals surface area contributed by atoms with Gasteiger partial charge in [-0.25, -0.2) is 0 Å². The molecule has 3 unspecified atom stereocenters. The first-order valence-electron chi connectivity index (χ1n) is 8.28. The first kappa shape index (κ1) is 18.8. The fraction of sp³-hybridized carbons (Fsp3) is 1.00. The minimum absolute atomic E-state index is 0.114. The maximum atomic E-state index is 9.74. The summed E-state index contributed by atoms with van der Waals surface area (Å²) in [7, 11) is 3.51. The van der Waals surface area contributed by atoms with Gasteiger partial charge in [0.05, 0.1) is 18.8 Å². The molecule has 0 amide bonds. The zero-order chi connectivity index (χ0) is 15.7. The number of ether oxygens (including phenoxy) is 2. The Morgan fingerprint density at radius 1 is 1.19 bits per heavy atom. The molecule has 1 fully saturated rings. The van der Waals surface area contributed by atoms with Gasteiger partial charge >= 0.3 is 0 Å². The molecule has 5 nitrogen and oxygen atoms in total. The smallest absolute Gasteiger partial charge is 0.0971 e. The molecule has 2 N–H and O–H groups in total. The van der Waals surface area contributed by atoms with Gasteiger partial charge in [-0.05, 0) is 38.8 Å². The molecule has 1 aliphatic heterocycles. The average Bonchev–Trinajstić information content (AvgIpc) is 2.93. The standard InChI is InChI=1S/C16H34N2O3/c1-5-9-17-16(6-2,13-19)8-7-10-18-11-14(20-3)15(12-18)21-4/h14-15,17,19H,5-13H2,1-4H3. The molecule has 0 radical (unpaired) electrons. The van der Waals surface area contributed by atoms with Crippen LogP contribution in [0.1, 0.15) is 39.5 Å². The van der Waals surface area contributed by atoms with E-state index in [1.165, 1.54) is 0 Å². The van der Waals surface area contributed by atoms with E-state index in [2.05, 4.69) is 24.1 Å². The molecule has 1 aliphatic rings. The van der Waals surface area contributed by atoms with Gasteiger partial charge in [0.15, 0.2) is 0 Å². The molecule has 1 heterocycles. The number of nitrogens with one attached hydrogen (secondary N) is 1. The summed E-state index contributed by atoms with van der Waals surface area (Å²) in [6.45, 7) is 8.41. The summed E-state index contributed by atoms with van der Waals surface area (Å²) in [5.74, 6) is 0. The summed E-state index contributed by atoms with van der Waals surface area (Å²) in [4.78, 5) is 2.40. The Kier molecular flexibility index (Phi) is 8.74. The molecule has 0 aromatic carbocycles. The summed E-state index contributed by atoms with van der Waals surface area (Å²) in [5.41, 5.74) is -0.114. The third-order valence-electron chi connectivity index (χ3n) is 4.76. The first-order chi connectivity index (χ1) is 10.1. The largest absolute Gasteiger partial charge is 0.394 e. The third kappa shape index (κ3) is 5.49. The highest BCUT2D eigenvalue weighted by Crippen LogP contribution is 2.20. The Labute approximate surface area is 130 Å². The quantitative estimate of drug-likeness (QED) is 0.602. The predicted octanol–water partition coefficient (Wildman–Crippen LogP) is 1.25. The van der Waals surface area contributed by atoms with Gasteiger partial charge in [0.1, 0.15) is 0 Å². The van der Waals surface area contributed by atoms with E-state index in [1.54, 1.807) is 14.2 Å². The second-order valence-corrected chi connectivity index (χ2v) is 6.13. The summed E-state index contributed by atoms with van der Waals surface area (Å²) in [6.07, 6.45) is 4.51. The summed E-state index contributed by atoms with van der Waals surface area (Å²) in [5, 5.41) is 13.3. The minimum Gasteiger partial charge on any atom is -0.394 e. The number of aliphatic hydroxyl groups excluding tert-OH is 1. The van der Waals surface area contributed by atoms with E-state index in [4.69, 9.17) is 9.47 Å². The highest BCUT2D eigenvalue weighted by Gasteiger charge is 2.33. The molecule has 0 aliphatic carbocycles. The Bertz CT molecular complexity index is 260. The van der Waals surface area contributed by atoms with Gasteiger partial charge in [-0.15, -0.1) is 0 Å². The van der Waals surface area contributed by atoms with Crippen molar-refractivity contribution >= 4 is 0 Å². The van der Waals surface area contributed by atoms with Crippen LogP contribution >= 0.6 is 0 Å². The van der Waals surface area contributed by atoms with Crippen LogP contribution in [0.25, 0.3) is 0 Å². The molecule has 0 spiro atoms. The van der Waals surface area contributed by atoms with Crippen LogP contribution < -0.4 is 5.32 Å². The number of nitrogens with zero attached hydrogens (tertiary/aromatic N) is 1. The molecule has 1 saturated heterocycles. The summed E-state index contributed by atoms with van der Waals surface area (Å²) < 4.78 is 10.9. The third-order valence-corrected chi connectivity index (χ3v) is 4.76. The van der Waals surface area contributed by atoms with Crippen LogP contribution in [0.5, 0.6) is 0 Å². The Hall–Kier alpha value is -0.200. The van der Waals surface area contributed by atoms with Crippen LogP contribution in [0, 0.1) is 0 Å². The predicted molar refractivity (Wildman–Crippen MR) is 85.7 cm³/mol. The SMILES string of the molecule is CCCNC(CC)(CO)CCCN1CC(OC)C(OC)C1. The normalized spacial score (nSPS) is 26.1. The number of likely N-dealkylation sites (tertiary alicyclic amines) is 1. The molecule has 0 aromatic heterocycles. The van der Waals surface area contributed by atoms with Crippen molar-refractivity contribution in [2.75, 3.05) is 47.0 Å². The van der Waals surface area contributed by atoms with Crippen LogP contribution in [0.2, 0.25) is 0 Å². The van der Waals surface area contributed by atoms with Gasteiger partial charge in [0, 0.05) is 32.8 Å². The number of rotatable bonds is 11. The van der Waals surface area contributed by atoms with Gasteiger partial charge < -0.3 is 19.9 Å². The fourth-order valence-corrected chi connectivity index (χ4v) is 3.12. The van der Waals surface area contributed by atoms with Crippen molar-refractivity contribution in [3.05, 3.63) is 0 Å². The Balaban J connectivity index is 2.37. The second kappa shape index (κ2) is 9.74. The van der Waals surface area contributed by atoms with Crippen molar-refractivity contribution in [3.8, 4) is 0 Å². The van der Waals surface area contributed by atoms with Crippen LogP contribution in [-0.4, -0.2) is 74.8 Å². The minimum atomic E-state index is -0.114. The molecule has 5 heteroatoms. The lowest BCUT2D eigenvalue weighted by Gasteiger charge is -2.33. The maximum absolute atomic E-state index is 9.74. The molecular formula is C16H34N2O3. The first-order valence-corrected chi connectivity index (χ1v) is 8.28. The number of methoxy groups -OCH3 is 2. The summed E-state index contributed by atoms with van der Waals surface area (Å²) >= 11 is 0. The van der Waals surface area contributed by atoms with E-state index < -0.39 is 0 Å². The molecule has 21 heavy (non-hydrogen) atoms. The van der Waals surface area contributed by atoms with Crippen molar-refractivity contribution in [3.63, 3.8) is 0 Å². The molecule has 3 atom stereocenters. The number of hydrogen-bond donors (Lipinski definition) is 2. The van der Waals surface area contributed by atoms with E-state index in [9.17, 15) is 5.11 Å². The Morgan fingerprint density at radius 3 is 2.24 bits per heavy atom. The van der Waals surface area contributed by atoms with Crippen LogP contribution in [0.15, 0.2) is 0 Å². The van der Waals surface area contributed by atoms with Gasteiger partial charge in [-0.3, -0.25) is 4.90 Å². The van der Waals surface area contributed by atoms with Crippen LogP contribution in [0.3, 0.4) is 0 Å². The van der Waals surface area contributed by atoms with Crippen molar-refractivity contribution in [1.29, 1.82) is 0 Å². The molecular weight excluding hydrogens is 268 g/mol. The molecule has 126 valence electrons. The van der Waals surface area contributed by atoms with Crippen LogP contribution in [0.4, 0.5) is 0 Å². The Morgan fingerprint density at radius 2 is 1.81 bits per heavy atom. The lowest BCUT2D eigenvalue weighted by molar-refractivity contribution is -0.00461. The molecule has 0 aromatic rings. The van der Waals surface area contributed by atoms with Gasteiger partial charge in [-0.1, -0.05) is 13.8 Å². The average molecular weight is 302 g/mol. The molecule has 0 bridgehead atoms. The van der Waals surface area contributed by atoms with Gasteiger partial charge in [0.25, 0.3) is 0 Å². The van der Waals surface area contributed by atoms with E-state index >= 15 is 0 Å². The second-order valence-electron chi connectivity index (χ2n) is 6.13.